The van der Waals surface area contributed by atoms with Crippen LogP contribution in [0.3, 0.4) is 0 Å². The van der Waals surface area contributed by atoms with Gasteiger partial charge in [-0.05, 0) is 44.3 Å². The molecular weight excluding hydrogens is 288 g/mol. The van der Waals surface area contributed by atoms with Gasteiger partial charge in [-0.2, -0.15) is 17.0 Å². The van der Waals surface area contributed by atoms with Crippen molar-refractivity contribution < 1.29 is 8.42 Å². The summed E-state index contributed by atoms with van der Waals surface area (Å²) in [6.45, 7) is 9.63. The summed E-state index contributed by atoms with van der Waals surface area (Å²) in [5, 5.41) is 3.38. The maximum absolute atomic E-state index is 12.8. The highest BCUT2D eigenvalue weighted by Gasteiger charge is 2.44. The summed E-state index contributed by atoms with van der Waals surface area (Å²) in [5.41, 5.74) is 0.240. The van der Waals surface area contributed by atoms with E-state index in [0.29, 0.717) is 19.6 Å². The Morgan fingerprint density at radius 3 is 2.24 bits per heavy atom. The largest absolute Gasteiger partial charge is 0.317 e. The molecule has 0 saturated carbocycles. The SMILES string of the molecule is CCN1CCN(S(=O)(=O)N2CCC3(CCNCC3)C2)CC1. The van der Waals surface area contributed by atoms with Gasteiger partial charge in [-0.25, -0.2) is 0 Å². The van der Waals surface area contributed by atoms with Gasteiger partial charge in [-0.3, -0.25) is 0 Å². The Hall–Kier alpha value is -0.210. The fourth-order valence-corrected chi connectivity index (χ4v) is 5.61. The predicted octanol–water partition coefficient (Wildman–Crippen LogP) is -0.0558. The molecule has 0 bridgehead atoms. The van der Waals surface area contributed by atoms with Gasteiger partial charge in [-0.1, -0.05) is 6.92 Å². The molecule has 3 aliphatic heterocycles. The highest BCUT2D eigenvalue weighted by molar-refractivity contribution is 7.86. The van der Waals surface area contributed by atoms with E-state index in [0.717, 1.165) is 58.5 Å². The molecule has 0 aliphatic carbocycles. The van der Waals surface area contributed by atoms with Crippen LogP contribution in [0.25, 0.3) is 0 Å². The van der Waals surface area contributed by atoms with E-state index in [2.05, 4.69) is 17.1 Å². The molecule has 1 N–H and O–H groups in total. The first-order chi connectivity index (χ1) is 10.1. The first-order valence-electron chi connectivity index (χ1n) is 8.24. The lowest BCUT2D eigenvalue weighted by atomic mass is 9.78. The molecule has 0 unspecified atom stereocenters. The molecule has 0 aromatic heterocycles. The molecule has 3 heterocycles. The highest BCUT2D eigenvalue weighted by Crippen LogP contribution is 2.40. The van der Waals surface area contributed by atoms with Crippen LogP contribution in [0.5, 0.6) is 0 Å². The Morgan fingerprint density at radius 1 is 0.952 bits per heavy atom. The van der Waals surface area contributed by atoms with Crippen molar-refractivity contribution in [2.24, 2.45) is 5.41 Å². The summed E-state index contributed by atoms with van der Waals surface area (Å²) in [4.78, 5) is 2.31. The van der Waals surface area contributed by atoms with Crippen molar-refractivity contribution in [3.63, 3.8) is 0 Å². The van der Waals surface area contributed by atoms with Crippen molar-refractivity contribution in [1.82, 2.24) is 18.8 Å². The zero-order valence-electron chi connectivity index (χ0n) is 13.1. The van der Waals surface area contributed by atoms with E-state index in [4.69, 9.17) is 0 Å². The average molecular weight is 316 g/mol. The number of likely N-dealkylation sites (N-methyl/N-ethyl adjacent to an activating group) is 1. The number of piperazine rings is 1. The molecule has 3 aliphatic rings. The van der Waals surface area contributed by atoms with Crippen molar-refractivity contribution in [2.45, 2.75) is 26.2 Å². The molecule has 1 spiro atoms. The third kappa shape index (κ3) is 3.12. The van der Waals surface area contributed by atoms with Gasteiger partial charge < -0.3 is 10.2 Å². The molecule has 3 rings (SSSR count). The monoisotopic (exact) mass is 316 g/mol. The highest BCUT2D eigenvalue weighted by atomic mass is 32.2. The van der Waals surface area contributed by atoms with Crippen molar-refractivity contribution in [1.29, 1.82) is 0 Å². The number of rotatable bonds is 3. The van der Waals surface area contributed by atoms with Crippen molar-refractivity contribution in [3.8, 4) is 0 Å². The predicted molar refractivity (Wildman–Crippen MR) is 83.3 cm³/mol. The molecule has 0 aromatic rings. The number of hydrogen-bond acceptors (Lipinski definition) is 4. The Kier molecular flexibility index (Phi) is 4.57. The zero-order chi connectivity index (χ0) is 14.9. The van der Waals surface area contributed by atoms with Gasteiger partial charge in [-0.15, -0.1) is 0 Å². The molecule has 3 fully saturated rings. The molecule has 3 saturated heterocycles. The Morgan fingerprint density at radius 2 is 1.62 bits per heavy atom. The van der Waals surface area contributed by atoms with Crippen molar-refractivity contribution >= 4 is 10.2 Å². The topological polar surface area (TPSA) is 55.9 Å². The minimum Gasteiger partial charge on any atom is -0.317 e. The second-order valence-corrected chi connectivity index (χ2v) is 8.60. The summed E-state index contributed by atoms with van der Waals surface area (Å²) in [6, 6.07) is 0. The van der Waals surface area contributed by atoms with Crippen LogP contribution in [0.2, 0.25) is 0 Å². The molecule has 21 heavy (non-hydrogen) atoms. The van der Waals surface area contributed by atoms with E-state index in [9.17, 15) is 8.42 Å². The lowest BCUT2D eigenvalue weighted by Crippen LogP contribution is -2.53. The third-order valence-corrected chi connectivity index (χ3v) is 7.48. The van der Waals surface area contributed by atoms with E-state index in [-0.39, 0.29) is 5.41 Å². The number of nitrogens with zero attached hydrogens (tertiary/aromatic N) is 3. The lowest BCUT2D eigenvalue weighted by molar-refractivity contribution is 0.185. The van der Waals surface area contributed by atoms with Crippen LogP contribution in [-0.2, 0) is 10.2 Å². The van der Waals surface area contributed by atoms with E-state index >= 15 is 0 Å². The molecule has 122 valence electrons. The molecule has 6 nitrogen and oxygen atoms in total. The fourth-order valence-electron chi connectivity index (χ4n) is 3.90. The van der Waals surface area contributed by atoms with Gasteiger partial charge in [0.05, 0.1) is 0 Å². The first kappa shape index (κ1) is 15.7. The Labute approximate surface area is 128 Å². The van der Waals surface area contributed by atoms with Crippen LogP contribution in [0.4, 0.5) is 0 Å². The smallest absolute Gasteiger partial charge is 0.282 e. The minimum atomic E-state index is -3.25. The van der Waals surface area contributed by atoms with Crippen LogP contribution in [0, 0.1) is 5.41 Å². The number of nitrogens with one attached hydrogen (secondary N) is 1. The van der Waals surface area contributed by atoms with Gasteiger partial charge in [0.15, 0.2) is 0 Å². The fraction of sp³-hybridized carbons (Fsp3) is 1.00. The second kappa shape index (κ2) is 6.12. The minimum absolute atomic E-state index is 0.240. The first-order valence-corrected chi connectivity index (χ1v) is 9.64. The van der Waals surface area contributed by atoms with Crippen LogP contribution in [0.1, 0.15) is 26.2 Å². The average Bonchev–Trinajstić information content (AvgIpc) is 2.92. The molecule has 7 heteroatoms. The lowest BCUT2D eigenvalue weighted by Gasteiger charge is -2.37. The summed E-state index contributed by atoms with van der Waals surface area (Å²) in [5.74, 6) is 0. The third-order valence-electron chi connectivity index (χ3n) is 5.50. The zero-order valence-corrected chi connectivity index (χ0v) is 13.9. The van der Waals surface area contributed by atoms with E-state index in [1.807, 2.05) is 0 Å². The summed E-state index contributed by atoms with van der Waals surface area (Å²) < 4.78 is 29.1. The summed E-state index contributed by atoms with van der Waals surface area (Å²) in [7, 11) is -3.25. The van der Waals surface area contributed by atoms with Crippen LogP contribution >= 0.6 is 0 Å². The van der Waals surface area contributed by atoms with Gasteiger partial charge in [0, 0.05) is 39.3 Å². The molecule has 0 radical (unpaired) electrons. The van der Waals surface area contributed by atoms with Crippen LogP contribution < -0.4 is 5.32 Å². The maximum Gasteiger partial charge on any atom is 0.282 e. The van der Waals surface area contributed by atoms with Crippen LogP contribution in [0.15, 0.2) is 0 Å². The maximum atomic E-state index is 12.8. The molecule has 0 atom stereocenters. The summed E-state index contributed by atoms with van der Waals surface area (Å²) in [6.07, 6.45) is 3.26. The number of piperidine rings is 1. The standard InChI is InChI=1S/C14H28N4O2S/c1-2-16-9-11-17(12-10-16)21(19,20)18-8-5-14(13-18)3-6-15-7-4-14/h15H,2-13H2,1H3. The van der Waals surface area contributed by atoms with Crippen molar-refractivity contribution in [3.05, 3.63) is 0 Å². The van der Waals surface area contributed by atoms with E-state index in [1.165, 1.54) is 0 Å². The van der Waals surface area contributed by atoms with Crippen molar-refractivity contribution in [2.75, 3.05) is 58.9 Å². The quantitative estimate of drug-likeness (QED) is 0.793. The number of hydrogen-bond donors (Lipinski definition) is 1. The molecular formula is C14H28N4O2S. The van der Waals surface area contributed by atoms with Crippen LogP contribution in [-0.4, -0.2) is 80.8 Å². The van der Waals surface area contributed by atoms with E-state index in [1.54, 1.807) is 8.61 Å². The van der Waals surface area contributed by atoms with E-state index < -0.39 is 10.2 Å². The Balaban J connectivity index is 1.63. The normalized spacial score (nSPS) is 29.2. The second-order valence-electron chi connectivity index (χ2n) is 6.67. The molecule has 0 amide bonds. The van der Waals surface area contributed by atoms with Gasteiger partial charge in [0.2, 0.25) is 0 Å². The van der Waals surface area contributed by atoms with Gasteiger partial charge >= 0.3 is 0 Å². The Bertz CT molecular complexity index is 454. The molecule has 0 aromatic carbocycles. The summed E-state index contributed by atoms with van der Waals surface area (Å²) >= 11 is 0. The van der Waals surface area contributed by atoms with Gasteiger partial charge in [0.1, 0.15) is 0 Å². The van der Waals surface area contributed by atoms with Gasteiger partial charge in [0.25, 0.3) is 10.2 Å².